The Morgan fingerprint density at radius 3 is 3.04 bits per heavy atom. The molecule has 8 heteroatoms. The number of hydrogen-bond acceptors (Lipinski definition) is 4. The zero-order valence-corrected chi connectivity index (χ0v) is 12.8. The molecule has 2 aromatic rings. The molecule has 1 N–H and O–H groups in total. The number of rotatable bonds is 3. The predicted octanol–water partition coefficient (Wildman–Crippen LogP) is 2.88. The lowest BCUT2D eigenvalue weighted by molar-refractivity contribution is 0.138. The summed E-state index contributed by atoms with van der Waals surface area (Å²) in [6, 6.07) is 4.40. The van der Waals surface area contributed by atoms with E-state index < -0.39 is 11.9 Å². The van der Waals surface area contributed by atoms with Gasteiger partial charge in [-0.2, -0.15) is 4.98 Å². The van der Waals surface area contributed by atoms with Crippen molar-refractivity contribution in [2.75, 3.05) is 6.54 Å². The van der Waals surface area contributed by atoms with Crippen molar-refractivity contribution in [1.29, 1.82) is 0 Å². The van der Waals surface area contributed by atoms with Crippen LogP contribution in [0.25, 0.3) is 0 Å². The Morgan fingerprint density at radius 1 is 1.48 bits per heavy atom. The highest BCUT2D eigenvalue weighted by atomic mass is 35.5. The molecule has 23 heavy (non-hydrogen) atoms. The van der Waals surface area contributed by atoms with E-state index in [1.165, 1.54) is 17.0 Å². The second kappa shape index (κ2) is 6.37. The minimum absolute atomic E-state index is 0.0373. The molecule has 0 fully saturated rings. The molecule has 0 saturated carbocycles. The van der Waals surface area contributed by atoms with Crippen LogP contribution in [0.15, 0.2) is 24.4 Å². The maximum absolute atomic E-state index is 13.7. The Balaban J connectivity index is 1.72. The number of carboxylic acid groups (broad SMARTS) is 1. The summed E-state index contributed by atoms with van der Waals surface area (Å²) in [7, 11) is 0. The van der Waals surface area contributed by atoms with Crippen molar-refractivity contribution >= 4 is 17.7 Å². The second-order valence-electron chi connectivity index (χ2n) is 5.10. The van der Waals surface area contributed by atoms with E-state index in [9.17, 15) is 9.18 Å². The number of ether oxygens (including phenoxy) is 1. The maximum atomic E-state index is 13.7. The Bertz CT molecular complexity index is 757. The fourth-order valence-electron chi connectivity index (χ4n) is 2.30. The molecule has 0 atom stereocenters. The first kappa shape index (κ1) is 15.5. The van der Waals surface area contributed by atoms with Gasteiger partial charge in [0.05, 0.1) is 12.2 Å². The Hall–Kier alpha value is -2.41. The topological polar surface area (TPSA) is 75.5 Å². The molecule has 1 aromatic heterocycles. The van der Waals surface area contributed by atoms with Crippen molar-refractivity contribution in [1.82, 2.24) is 14.9 Å². The van der Waals surface area contributed by atoms with Crippen molar-refractivity contribution in [3.8, 4) is 6.01 Å². The predicted molar refractivity (Wildman–Crippen MR) is 79.9 cm³/mol. The van der Waals surface area contributed by atoms with Crippen molar-refractivity contribution in [2.24, 2.45) is 0 Å². The van der Waals surface area contributed by atoms with Crippen LogP contribution in [0.3, 0.4) is 0 Å². The Labute approximate surface area is 136 Å². The van der Waals surface area contributed by atoms with Crippen LogP contribution in [0.5, 0.6) is 6.01 Å². The van der Waals surface area contributed by atoms with E-state index in [2.05, 4.69) is 9.97 Å². The Morgan fingerprint density at radius 2 is 2.30 bits per heavy atom. The number of hydrogen-bond donors (Lipinski definition) is 1. The minimum atomic E-state index is -0.986. The normalized spacial score (nSPS) is 13.6. The molecule has 0 saturated heterocycles. The highest BCUT2D eigenvalue weighted by Crippen LogP contribution is 2.20. The molecule has 0 spiro atoms. The van der Waals surface area contributed by atoms with Gasteiger partial charge in [-0.25, -0.2) is 14.2 Å². The monoisotopic (exact) mass is 337 g/mol. The molecule has 120 valence electrons. The first-order valence-electron chi connectivity index (χ1n) is 6.92. The summed E-state index contributed by atoms with van der Waals surface area (Å²) in [5.41, 5.74) is 1.84. The molecule has 0 radical (unpaired) electrons. The van der Waals surface area contributed by atoms with E-state index in [0.29, 0.717) is 29.2 Å². The van der Waals surface area contributed by atoms with Gasteiger partial charge in [0.1, 0.15) is 12.4 Å². The highest BCUT2D eigenvalue weighted by Gasteiger charge is 2.22. The van der Waals surface area contributed by atoms with Crippen molar-refractivity contribution in [3.05, 3.63) is 52.1 Å². The number of halogens is 2. The largest absolute Gasteiger partial charge is 0.465 e. The van der Waals surface area contributed by atoms with Gasteiger partial charge in [0, 0.05) is 23.3 Å². The summed E-state index contributed by atoms with van der Waals surface area (Å²) in [6.07, 6.45) is 1.20. The third kappa shape index (κ3) is 3.50. The lowest BCUT2D eigenvalue weighted by Gasteiger charge is -2.25. The summed E-state index contributed by atoms with van der Waals surface area (Å²) in [5.74, 6) is -0.465. The van der Waals surface area contributed by atoms with Crippen LogP contribution >= 0.6 is 11.6 Å². The summed E-state index contributed by atoms with van der Waals surface area (Å²) >= 11 is 5.69. The Kier molecular flexibility index (Phi) is 4.29. The molecule has 1 aliphatic heterocycles. The number of benzene rings is 1. The van der Waals surface area contributed by atoms with Gasteiger partial charge < -0.3 is 14.7 Å². The van der Waals surface area contributed by atoms with Crippen molar-refractivity contribution in [3.63, 3.8) is 0 Å². The highest BCUT2D eigenvalue weighted by molar-refractivity contribution is 6.30. The molecule has 2 heterocycles. The standard InChI is InChI=1S/C15H13ClFN3O3/c16-11-2-1-10(12(17)5-11)8-23-14-18-6-9-3-4-20(15(21)22)7-13(9)19-14/h1-2,5-6H,3-4,7-8H2,(H,21,22). The fraction of sp³-hybridized carbons (Fsp3) is 0.267. The van der Waals surface area contributed by atoms with Crippen molar-refractivity contribution < 1.29 is 19.0 Å². The number of carbonyl (C=O) groups is 1. The molecule has 0 aliphatic carbocycles. The molecule has 0 bridgehead atoms. The van der Waals surface area contributed by atoms with Gasteiger partial charge in [0.15, 0.2) is 0 Å². The van der Waals surface area contributed by atoms with E-state index in [1.54, 1.807) is 12.3 Å². The average Bonchev–Trinajstić information content (AvgIpc) is 2.53. The van der Waals surface area contributed by atoms with Crippen LogP contribution in [0.2, 0.25) is 5.02 Å². The van der Waals surface area contributed by atoms with Gasteiger partial charge in [-0.1, -0.05) is 17.7 Å². The van der Waals surface area contributed by atoms with Gasteiger partial charge >= 0.3 is 12.1 Å². The van der Waals surface area contributed by atoms with Crippen molar-refractivity contribution in [2.45, 2.75) is 19.6 Å². The van der Waals surface area contributed by atoms with Gasteiger partial charge in [0.25, 0.3) is 0 Å². The lowest BCUT2D eigenvalue weighted by atomic mass is 10.1. The number of nitrogens with zero attached hydrogens (tertiary/aromatic N) is 3. The quantitative estimate of drug-likeness (QED) is 0.932. The first-order chi connectivity index (χ1) is 11.0. The summed E-state index contributed by atoms with van der Waals surface area (Å²) in [4.78, 5) is 20.6. The first-order valence-corrected chi connectivity index (χ1v) is 7.30. The summed E-state index contributed by atoms with van der Waals surface area (Å²) in [5, 5.41) is 9.35. The van der Waals surface area contributed by atoms with Gasteiger partial charge in [0.2, 0.25) is 0 Å². The van der Waals surface area contributed by atoms with Crippen LogP contribution in [-0.4, -0.2) is 32.6 Å². The maximum Gasteiger partial charge on any atom is 0.407 e. The molecule has 1 aliphatic rings. The van der Waals surface area contributed by atoms with Gasteiger partial charge in [-0.15, -0.1) is 0 Å². The number of fused-ring (bicyclic) bond motifs is 1. The van der Waals surface area contributed by atoms with Crippen LogP contribution < -0.4 is 4.74 Å². The second-order valence-corrected chi connectivity index (χ2v) is 5.54. The van der Waals surface area contributed by atoms with E-state index in [-0.39, 0.29) is 19.2 Å². The molecule has 6 nitrogen and oxygen atoms in total. The van der Waals surface area contributed by atoms with Gasteiger partial charge in [-0.3, -0.25) is 0 Å². The summed E-state index contributed by atoms with van der Waals surface area (Å²) in [6.45, 7) is 0.575. The third-order valence-corrected chi connectivity index (χ3v) is 3.80. The molecule has 1 amide bonds. The van der Waals surface area contributed by atoms with E-state index in [0.717, 1.165) is 5.56 Å². The third-order valence-electron chi connectivity index (χ3n) is 3.57. The molecular weight excluding hydrogens is 325 g/mol. The minimum Gasteiger partial charge on any atom is -0.465 e. The van der Waals surface area contributed by atoms with E-state index >= 15 is 0 Å². The smallest absolute Gasteiger partial charge is 0.407 e. The fourth-order valence-corrected chi connectivity index (χ4v) is 2.46. The van der Waals surface area contributed by atoms with Crippen LogP contribution in [0, 0.1) is 5.82 Å². The summed E-state index contributed by atoms with van der Waals surface area (Å²) < 4.78 is 19.1. The van der Waals surface area contributed by atoms with Crippen LogP contribution in [-0.2, 0) is 19.6 Å². The zero-order chi connectivity index (χ0) is 16.4. The zero-order valence-electron chi connectivity index (χ0n) is 12.0. The van der Waals surface area contributed by atoms with E-state index in [1.807, 2.05) is 0 Å². The SMILES string of the molecule is O=C(O)N1CCc2cnc(OCc3ccc(Cl)cc3F)nc2C1. The average molecular weight is 338 g/mol. The molecule has 1 aromatic carbocycles. The number of amides is 1. The lowest BCUT2D eigenvalue weighted by Crippen LogP contribution is -2.35. The van der Waals surface area contributed by atoms with Crippen LogP contribution in [0.1, 0.15) is 16.8 Å². The van der Waals surface area contributed by atoms with E-state index in [4.69, 9.17) is 21.4 Å². The molecule has 0 unspecified atom stereocenters. The van der Waals surface area contributed by atoms with Gasteiger partial charge in [-0.05, 0) is 24.1 Å². The number of aromatic nitrogens is 2. The molecule has 3 rings (SSSR count). The molecular formula is C15H13ClFN3O3. The van der Waals surface area contributed by atoms with Crippen LogP contribution in [0.4, 0.5) is 9.18 Å².